The summed E-state index contributed by atoms with van der Waals surface area (Å²) in [4.78, 5) is 12.5. The minimum atomic E-state index is -1.88. The minimum absolute atomic E-state index is 0.115. The molecule has 25 heavy (non-hydrogen) atoms. The zero-order valence-electron chi connectivity index (χ0n) is 15.2. The maximum atomic E-state index is 14.6. The lowest BCUT2D eigenvalue weighted by atomic mass is 10.2. The maximum Gasteiger partial charge on any atom is 0.192 e. The lowest BCUT2D eigenvalue weighted by Crippen LogP contribution is -2.42. The van der Waals surface area contributed by atoms with Crippen LogP contribution >= 0.6 is 15.9 Å². The highest BCUT2D eigenvalue weighted by Gasteiger charge is 2.41. The number of nitrogens with zero attached hydrogens (tertiary/aromatic N) is 4. The van der Waals surface area contributed by atoms with Gasteiger partial charge in [-0.1, -0.05) is 20.8 Å². The molecule has 2 aromatic heterocycles. The molecule has 1 aliphatic rings. The molecule has 0 spiro atoms. The van der Waals surface area contributed by atoms with Gasteiger partial charge in [0.2, 0.25) is 0 Å². The van der Waals surface area contributed by atoms with Crippen LogP contribution in [0.4, 0.5) is 4.39 Å². The van der Waals surface area contributed by atoms with Gasteiger partial charge >= 0.3 is 0 Å². The van der Waals surface area contributed by atoms with Crippen molar-refractivity contribution in [1.29, 1.82) is 0 Å². The first-order valence-corrected chi connectivity index (χ1v) is 12.1. The lowest BCUT2D eigenvalue weighted by Gasteiger charge is -2.36. The van der Waals surface area contributed by atoms with Gasteiger partial charge in [-0.2, -0.15) is 0 Å². The molecule has 6 nitrogen and oxygen atoms in total. The first-order chi connectivity index (χ1) is 11.6. The predicted octanol–water partition coefficient (Wildman–Crippen LogP) is 4.24. The van der Waals surface area contributed by atoms with E-state index in [2.05, 4.69) is 64.7 Å². The Morgan fingerprint density at radius 1 is 1.36 bits per heavy atom. The summed E-state index contributed by atoms with van der Waals surface area (Å²) in [7, 11) is -1.88. The van der Waals surface area contributed by atoms with Gasteiger partial charge in [-0.25, -0.2) is 19.3 Å². The third-order valence-electron chi connectivity index (χ3n) is 5.15. The quantitative estimate of drug-likeness (QED) is 0.536. The Labute approximate surface area is 156 Å². The van der Waals surface area contributed by atoms with Crippen molar-refractivity contribution in [3.8, 4) is 0 Å². The largest absolute Gasteiger partial charge is 0.414 e. The Kier molecular flexibility index (Phi) is 5.04. The Balaban J connectivity index is 1.72. The van der Waals surface area contributed by atoms with Gasteiger partial charge in [0.15, 0.2) is 20.2 Å². The number of alkyl halides is 1. The molecular weight excluding hydrogens is 407 g/mol. The highest BCUT2D eigenvalue weighted by molar-refractivity contribution is 9.10. The van der Waals surface area contributed by atoms with Crippen LogP contribution in [-0.4, -0.2) is 46.7 Å². The molecular formula is C16H24BrFN4O2Si. The number of aromatic nitrogens is 4. The van der Waals surface area contributed by atoms with Crippen molar-refractivity contribution in [2.24, 2.45) is 0 Å². The molecule has 0 unspecified atom stereocenters. The molecule has 2 aromatic rings. The van der Waals surface area contributed by atoms with E-state index < -0.39 is 20.7 Å². The summed E-state index contributed by atoms with van der Waals surface area (Å²) >= 11 is 3.33. The monoisotopic (exact) mass is 430 g/mol. The summed E-state index contributed by atoms with van der Waals surface area (Å²) in [6.07, 6.45) is 1.16. The summed E-state index contributed by atoms with van der Waals surface area (Å²) in [5, 5.41) is 0.115. The van der Waals surface area contributed by atoms with Crippen molar-refractivity contribution < 1.29 is 13.6 Å². The van der Waals surface area contributed by atoms with Gasteiger partial charge in [0, 0.05) is 6.42 Å². The predicted molar refractivity (Wildman–Crippen MR) is 99.6 cm³/mol. The molecule has 3 atom stereocenters. The number of imidazole rings is 1. The van der Waals surface area contributed by atoms with Crippen LogP contribution in [0.25, 0.3) is 11.2 Å². The molecule has 3 heterocycles. The van der Waals surface area contributed by atoms with Crippen molar-refractivity contribution in [1.82, 2.24) is 19.5 Å². The second-order valence-corrected chi connectivity index (χ2v) is 13.5. The van der Waals surface area contributed by atoms with Crippen molar-refractivity contribution in [2.45, 2.75) is 63.8 Å². The number of rotatable bonds is 4. The fourth-order valence-electron chi connectivity index (χ4n) is 2.58. The zero-order chi connectivity index (χ0) is 18.4. The van der Waals surface area contributed by atoms with E-state index in [0.29, 0.717) is 28.8 Å². The van der Waals surface area contributed by atoms with E-state index in [0.717, 1.165) is 0 Å². The highest BCUT2D eigenvalue weighted by Crippen LogP contribution is 2.38. The van der Waals surface area contributed by atoms with E-state index in [9.17, 15) is 4.39 Å². The van der Waals surface area contributed by atoms with E-state index in [1.807, 2.05) is 0 Å². The van der Waals surface area contributed by atoms with Gasteiger partial charge in [-0.3, -0.25) is 4.57 Å². The summed E-state index contributed by atoms with van der Waals surface area (Å²) < 4.78 is 29.0. The average molecular weight is 431 g/mol. The fourth-order valence-corrected chi connectivity index (χ4v) is 3.99. The third-order valence-corrected chi connectivity index (χ3v) is 10.2. The number of hydrogen-bond acceptors (Lipinski definition) is 5. The van der Waals surface area contributed by atoms with E-state index >= 15 is 0 Å². The molecule has 0 aromatic carbocycles. The third kappa shape index (κ3) is 3.65. The van der Waals surface area contributed by atoms with Crippen molar-refractivity contribution in [3.05, 3.63) is 17.3 Å². The minimum Gasteiger partial charge on any atom is -0.414 e. The average Bonchev–Trinajstić information content (AvgIpc) is 3.08. The molecule has 0 bridgehead atoms. The summed E-state index contributed by atoms with van der Waals surface area (Å²) in [5.74, 6) is 0. The van der Waals surface area contributed by atoms with Gasteiger partial charge in [0.1, 0.15) is 22.6 Å². The number of fused-ring (bicyclic) bond motifs is 1. The Morgan fingerprint density at radius 2 is 2.08 bits per heavy atom. The molecule has 3 rings (SSSR count). The Bertz CT molecular complexity index is 764. The van der Waals surface area contributed by atoms with E-state index in [-0.39, 0.29) is 11.1 Å². The van der Waals surface area contributed by atoms with E-state index in [4.69, 9.17) is 9.16 Å². The van der Waals surface area contributed by atoms with Crippen LogP contribution in [0, 0.1) is 0 Å². The number of ether oxygens (including phenoxy) is 1. The van der Waals surface area contributed by atoms with Crippen LogP contribution in [0.1, 0.15) is 33.4 Å². The van der Waals surface area contributed by atoms with Gasteiger partial charge < -0.3 is 9.16 Å². The van der Waals surface area contributed by atoms with Crippen LogP contribution < -0.4 is 0 Å². The first kappa shape index (κ1) is 18.9. The Morgan fingerprint density at radius 3 is 2.76 bits per heavy atom. The van der Waals surface area contributed by atoms with Crippen LogP contribution in [0.5, 0.6) is 0 Å². The highest BCUT2D eigenvalue weighted by atomic mass is 79.9. The topological polar surface area (TPSA) is 62.1 Å². The van der Waals surface area contributed by atoms with Crippen molar-refractivity contribution >= 4 is 35.4 Å². The molecule has 0 N–H and O–H groups in total. The van der Waals surface area contributed by atoms with Gasteiger partial charge in [0.25, 0.3) is 0 Å². The molecule has 0 aliphatic carbocycles. The van der Waals surface area contributed by atoms with E-state index in [1.54, 1.807) is 10.9 Å². The van der Waals surface area contributed by atoms with E-state index in [1.165, 1.54) is 6.33 Å². The smallest absolute Gasteiger partial charge is 0.192 e. The van der Waals surface area contributed by atoms with Crippen molar-refractivity contribution in [3.63, 3.8) is 0 Å². The second-order valence-electron chi connectivity index (χ2n) is 7.96. The van der Waals surface area contributed by atoms with Crippen LogP contribution in [0.15, 0.2) is 17.3 Å². The van der Waals surface area contributed by atoms with Crippen LogP contribution in [-0.2, 0) is 9.16 Å². The van der Waals surface area contributed by atoms with Gasteiger partial charge in [-0.15, -0.1) is 0 Å². The summed E-state index contributed by atoms with van der Waals surface area (Å²) in [6, 6.07) is 0. The number of halogens is 2. The summed E-state index contributed by atoms with van der Waals surface area (Å²) in [5.41, 5.74) is 1.15. The maximum absolute atomic E-state index is 14.6. The second kappa shape index (κ2) is 6.68. The molecule has 1 fully saturated rings. The number of hydrogen-bond donors (Lipinski definition) is 0. The first-order valence-electron chi connectivity index (χ1n) is 8.36. The standard InChI is InChI=1S/C16H24BrFN4O2Si/c1-16(2,3)25(4,5)23-7-10-6-11(18)15(24-10)22-9-21-12-13(17)19-8-20-14(12)22/h8-11,15H,6-7H2,1-5H3/t10-,11-,15+/m0/s1. The van der Waals surface area contributed by atoms with Crippen LogP contribution in [0.2, 0.25) is 18.1 Å². The van der Waals surface area contributed by atoms with Crippen LogP contribution in [0.3, 0.4) is 0 Å². The molecule has 0 radical (unpaired) electrons. The van der Waals surface area contributed by atoms with Gasteiger partial charge in [0.05, 0.1) is 19.0 Å². The Hall–Kier alpha value is -0.903. The molecule has 0 amide bonds. The van der Waals surface area contributed by atoms with Gasteiger partial charge in [-0.05, 0) is 34.1 Å². The summed E-state index contributed by atoms with van der Waals surface area (Å²) in [6.45, 7) is 11.3. The fraction of sp³-hybridized carbons (Fsp3) is 0.688. The SMILES string of the molecule is CC(C)(C)[Si](C)(C)OC[C@@H]1C[C@H](F)[C@H](n2cnc3c(Br)ncnc32)O1. The molecule has 0 saturated carbocycles. The zero-order valence-corrected chi connectivity index (χ0v) is 17.7. The normalized spacial score (nSPS) is 25.0. The molecule has 138 valence electrons. The molecule has 1 saturated heterocycles. The van der Waals surface area contributed by atoms with Crippen molar-refractivity contribution in [2.75, 3.05) is 6.61 Å². The lowest BCUT2D eigenvalue weighted by molar-refractivity contribution is -0.0331. The molecule has 9 heteroatoms. The molecule has 1 aliphatic heterocycles.